The van der Waals surface area contributed by atoms with Crippen molar-refractivity contribution >= 4 is 39.8 Å². The molecule has 0 aliphatic rings. The van der Waals surface area contributed by atoms with Gasteiger partial charge in [-0.05, 0) is 29.6 Å². The lowest BCUT2D eigenvalue weighted by Gasteiger charge is -2.13. The third-order valence-electron chi connectivity index (χ3n) is 5.21. The molecule has 4 aromatic heterocycles. The standard InChI is InChI=1S/C22H13F3N6OS2/c1-30-20(32)12-5-2-3-6-16(12)31-18(28-29-21(30)31)11-34-19-13(10-26)14(22(23,24)25)9-15(27-19)17-7-4-8-33-17/h2-9H,11H2,1H3. The second kappa shape index (κ2) is 8.27. The predicted molar refractivity (Wildman–Crippen MR) is 123 cm³/mol. The number of thioether (sulfide) groups is 1. The Labute approximate surface area is 198 Å². The molecule has 5 aromatic rings. The first-order valence-electron chi connectivity index (χ1n) is 9.80. The minimum Gasteiger partial charge on any atom is -0.279 e. The number of hydrogen-bond acceptors (Lipinski definition) is 7. The van der Waals surface area contributed by atoms with E-state index in [0.29, 0.717) is 27.4 Å². The van der Waals surface area contributed by atoms with Gasteiger partial charge < -0.3 is 0 Å². The summed E-state index contributed by atoms with van der Waals surface area (Å²) in [5.41, 5.74) is -1.08. The molecule has 12 heteroatoms. The van der Waals surface area contributed by atoms with Crippen LogP contribution in [0.5, 0.6) is 0 Å². The molecule has 0 atom stereocenters. The van der Waals surface area contributed by atoms with E-state index in [1.807, 2.05) is 0 Å². The Morgan fingerprint density at radius 3 is 2.68 bits per heavy atom. The molecule has 34 heavy (non-hydrogen) atoms. The molecule has 7 nitrogen and oxygen atoms in total. The van der Waals surface area contributed by atoms with E-state index in [2.05, 4.69) is 15.2 Å². The van der Waals surface area contributed by atoms with Gasteiger partial charge in [-0.3, -0.25) is 13.8 Å². The van der Waals surface area contributed by atoms with Gasteiger partial charge in [-0.15, -0.1) is 21.5 Å². The molecule has 0 radical (unpaired) electrons. The van der Waals surface area contributed by atoms with Crippen molar-refractivity contribution in [2.24, 2.45) is 7.05 Å². The van der Waals surface area contributed by atoms with Crippen LogP contribution in [-0.2, 0) is 19.0 Å². The lowest BCUT2D eigenvalue weighted by molar-refractivity contribution is -0.138. The van der Waals surface area contributed by atoms with Crippen LogP contribution in [0.2, 0.25) is 0 Å². The number of alkyl halides is 3. The minimum atomic E-state index is -4.72. The van der Waals surface area contributed by atoms with Gasteiger partial charge >= 0.3 is 6.18 Å². The lowest BCUT2D eigenvalue weighted by Crippen LogP contribution is -2.20. The molecule has 4 heterocycles. The van der Waals surface area contributed by atoms with E-state index in [0.717, 1.165) is 17.8 Å². The summed E-state index contributed by atoms with van der Waals surface area (Å²) in [5.74, 6) is 0.791. The smallest absolute Gasteiger partial charge is 0.279 e. The SMILES string of the molecule is Cn1c(=O)c2ccccc2n2c(CSc3nc(-c4cccs4)cc(C(F)(F)F)c3C#N)nnc12. The molecule has 1 aromatic carbocycles. The zero-order valence-corrected chi connectivity index (χ0v) is 19.0. The van der Waals surface area contributed by atoms with Crippen molar-refractivity contribution in [1.82, 2.24) is 24.1 Å². The van der Waals surface area contributed by atoms with Gasteiger partial charge in [-0.25, -0.2) is 4.98 Å². The summed E-state index contributed by atoms with van der Waals surface area (Å²) in [6.07, 6.45) is -4.72. The quantitative estimate of drug-likeness (QED) is 0.328. The molecule has 0 spiro atoms. The Bertz CT molecular complexity index is 1650. The maximum absolute atomic E-state index is 13.8. The highest BCUT2D eigenvalue weighted by atomic mass is 32.2. The summed E-state index contributed by atoms with van der Waals surface area (Å²) in [4.78, 5) is 17.6. The lowest BCUT2D eigenvalue weighted by atomic mass is 10.1. The Kier molecular flexibility index (Phi) is 5.38. The van der Waals surface area contributed by atoms with Gasteiger partial charge in [0.2, 0.25) is 5.78 Å². The molecule has 0 saturated carbocycles. The fourth-order valence-electron chi connectivity index (χ4n) is 3.63. The Morgan fingerprint density at radius 1 is 1.18 bits per heavy atom. The van der Waals surface area contributed by atoms with Crippen LogP contribution in [-0.4, -0.2) is 24.1 Å². The summed E-state index contributed by atoms with van der Waals surface area (Å²) in [6, 6.07) is 12.9. The van der Waals surface area contributed by atoms with Crippen molar-refractivity contribution in [2.45, 2.75) is 17.0 Å². The third kappa shape index (κ3) is 3.63. The zero-order chi connectivity index (χ0) is 24.0. The number of halogens is 3. The maximum Gasteiger partial charge on any atom is 0.417 e. The average Bonchev–Trinajstić information content (AvgIpc) is 3.50. The molecule has 0 saturated heterocycles. The summed E-state index contributed by atoms with van der Waals surface area (Å²) < 4.78 is 44.4. The van der Waals surface area contributed by atoms with Crippen molar-refractivity contribution in [3.05, 3.63) is 75.1 Å². The van der Waals surface area contributed by atoms with Crippen LogP contribution in [0.1, 0.15) is 17.0 Å². The van der Waals surface area contributed by atoms with Crippen LogP contribution in [0.4, 0.5) is 13.2 Å². The molecule has 0 fully saturated rings. The van der Waals surface area contributed by atoms with Gasteiger partial charge in [0, 0.05) is 7.05 Å². The van der Waals surface area contributed by atoms with Crippen LogP contribution in [0.25, 0.3) is 27.3 Å². The number of nitriles is 1. The molecule has 0 aliphatic carbocycles. The van der Waals surface area contributed by atoms with Crippen LogP contribution >= 0.6 is 23.1 Å². The first-order valence-corrected chi connectivity index (χ1v) is 11.7. The number of thiophene rings is 1. The van der Waals surface area contributed by atoms with Gasteiger partial charge in [0.05, 0.1) is 38.4 Å². The fourth-order valence-corrected chi connectivity index (χ4v) is 5.23. The van der Waals surface area contributed by atoms with Gasteiger partial charge in [0.1, 0.15) is 16.9 Å². The van der Waals surface area contributed by atoms with Gasteiger partial charge in [0.25, 0.3) is 5.56 Å². The number of aromatic nitrogens is 5. The molecule has 5 rings (SSSR count). The van der Waals surface area contributed by atoms with Crippen LogP contribution in [0, 0.1) is 11.3 Å². The molecule has 0 unspecified atom stereocenters. The summed E-state index contributed by atoms with van der Waals surface area (Å²) in [6.45, 7) is 0. The second-order valence-electron chi connectivity index (χ2n) is 7.24. The third-order valence-corrected chi connectivity index (χ3v) is 7.07. The van der Waals surface area contributed by atoms with E-state index in [4.69, 9.17) is 0 Å². The fraction of sp³-hybridized carbons (Fsp3) is 0.136. The maximum atomic E-state index is 13.8. The zero-order valence-electron chi connectivity index (χ0n) is 17.4. The highest BCUT2D eigenvalue weighted by Gasteiger charge is 2.36. The van der Waals surface area contributed by atoms with E-state index in [1.54, 1.807) is 59.3 Å². The van der Waals surface area contributed by atoms with Crippen molar-refractivity contribution in [3.8, 4) is 16.6 Å². The van der Waals surface area contributed by atoms with Crippen molar-refractivity contribution in [2.75, 3.05) is 0 Å². The molecule has 0 N–H and O–H groups in total. The van der Waals surface area contributed by atoms with E-state index in [1.165, 1.54) is 15.9 Å². The van der Waals surface area contributed by atoms with E-state index in [9.17, 15) is 23.2 Å². The Morgan fingerprint density at radius 2 is 1.97 bits per heavy atom. The first-order chi connectivity index (χ1) is 16.3. The Balaban J connectivity index is 1.63. The minimum absolute atomic E-state index is 0.0494. The van der Waals surface area contributed by atoms with Crippen LogP contribution in [0.3, 0.4) is 0 Å². The topological polar surface area (TPSA) is 88.9 Å². The van der Waals surface area contributed by atoms with E-state index < -0.39 is 17.3 Å². The monoisotopic (exact) mass is 498 g/mol. The molecule has 0 aliphatic heterocycles. The number of rotatable bonds is 4. The number of para-hydroxylation sites is 1. The predicted octanol–water partition coefficient (Wildman–Crippen LogP) is 4.89. The van der Waals surface area contributed by atoms with Crippen molar-refractivity contribution < 1.29 is 13.2 Å². The molecule has 0 amide bonds. The van der Waals surface area contributed by atoms with E-state index in [-0.39, 0.29) is 22.0 Å². The first kappa shape index (κ1) is 22.1. The normalized spacial score (nSPS) is 11.9. The van der Waals surface area contributed by atoms with Crippen LogP contribution < -0.4 is 5.56 Å². The molecule has 0 bridgehead atoms. The highest BCUT2D eigenvalue weighted by molar-refractivity contribution is 7.98. The summed E-state index contributed by atoms with van der Waals surface area (Å²) in [7, 11) is 1.57. The van der Waals surface area contributed by atoms with Crippen LogP contribution in [0.15, 0.2) is 57.7 Å². The van der Waals surface area contributed by atoms with Gasteiger partial charge in [0.15, 0.2) is 0 Å². The van der Waals surface area contributed by atoms with Crippen molar-refractivity contribution in [3.63, 3.8) is 0 Å². The average molecular weight is 499 g/mol. The Hall–Kier alpha value is -3.69. The van der Waals surface area contributed by atoms with Gasteiger partial charge in [-0.1, -0.05) is 30.0 Å². The molecular weight excluding hydrogens is 485 g/mol. The number of hydrogen-bond donors (Lipinski definition) is 0. The number of benzene rings is 1. The number of aryl methyl sites for hydroxylation is 1. The molecular formula is C22H13F3N6OS2. The number of pyridine rings is 1. The number of fused-ring (bicyclic) bond motifs is 3. The number of nitrogens with zero attached hydrogens (tertiary/aromatic N) is 6. The largest absolute Gasteiger partial charge is 0.417 e. The van der Waals surface area contributed by atoms with Gasteiger partial charge in [-0.2, -0.15) is 18.4 Å². The molecule has 170 valence electrons. The van der Waals surface area contributed by atoms with E-state index >= 15 is 0 Å². The van der Waals surface area contributed by atoms with Crippen molar-refractivity contribution in [1.29, 1.82) is 5.26 Å². The second-order valence-corrected chi connectivity index (χ2v) is 9.16. The highest BCUT2D eigenvalue weighted by Crippen LogP contribution is 2.39. The summed E-state index contributed by atoms with van der Waals surface area (Å²) >= 11 is 2.22. The summed E-state index contributed by atoms with van der Waals surface area (Å²) in [5, 5.41) is 20.0.